The van der Waals surface area contributed by atoms with Crippen LogP contribution in [0.5, 0.6) is 5.75 Å². The number of hydrogen-bond donors (Lipinski definition) is 1. The summed E-state index contributed by atoms with van der Waals surface area (Å²) in [7, 11) is 0. The number of rotatable bonds is 3. The molecule has 1 saturated carbocycles. The minimum absolute atomic E-state index is 0.145. The van der Waals surface area contributed by atoms with Crippen LogP contribution >= 0.6 is 0 Å². The first kappa shape index (κ1) is 13.0. The Morgan fingerprint density at radius 1 is 1.00 bits per heavy atom. The van der Waals surface area contributed by atoms with Crippen molar-refractivity contribution in [1.29, 1.82) is 0 Å². The van der Waals surface area contributed by atoms with E-state index in [0.29, 0.717) is 12.8 Å². The predicted molar refractivity (Wildman–Crippen MR) is 78.0 cm³/mol. The van der Waals surface area contributed by atoms with E-state index in [9.17, 15) is 4.79 Å². The van der Waals surface area contributed by atoms with Gasteiger partial charge < -0.3 is 9.84 Å². The van der Waals surface area contributed by atoms with Crippen LogP contribution in [0.4, 0.5) is 0 Å². The standard InChI is InChI=1S/C17H18O3/c18-17(19)13-6-8-15(9-7-13)20-16-10-5-12-3-1-2-4-14(12)11-16/h1-5,10-11,13,15H,6-9H2,(H,18,19). The number of carbonyl (C=O) groups is 1. The van der Waals surface area contributed by atoms with Crippen LogP contribution in [0.2, 0.25) is 0 Å². The zero-order valence-corrected chi connectivity index (χ0v) is 11.3. The zero-order chi connectivity index (χ0) is 13.9. The van der Waals surface area contributed by atoms with Crippen molar-refractivity contribution in [2.24, 2.45) is 5.92 Å². The summed E-state index contributed by atoms with van der Waals surface area (Å²) in [6, 6.07) is 14.3. The molecule has 0 aromatic heterocycles. The van der Waals surface area contributed by atoms with E-state index in [0.717, 1.165) is 18.6 Å². The fraction of sp³-hybridized carbons (Fsp3) is 0.353. The predicted octanol–water partition coefficient (Wildman–Crippen LogP) is 3.86. The van der Waals surface area contributed by atoms with Crippen LogP contribution in [0.25, 0.3) is 10.8 Å². The van der Waals surface area contributed by atoms with Crippen molar-refractivity contribution in [2.45, 2.75) is 31.8 Å². The van der Waals surface area contributed by atoms with E-state index >= 15 is 0 Å². The average Bonchev–Trinajstić information content (AvgIpc) is 2.48. The Balaban J connectivity index is 1.66. The van der Waals surface area contributed by atoms with Gasteiger partial charge in [-0.15, -0.1) is 0 Å². The molecule has 0 unspecified atom stereocenters. The van der Waals surface area contributed by atoms with Gasteiger partial charge in [-0.3, -0.25) is 4.79 Å². The van der Waals surface area contributed by atoms with Gasteiger partial charge in [0.1, 0.15) is 5.75 Å². The molecule has 3 rings (SSSR count). The first-order chi connectivity index (χ1) is 9.72. The topological polar surface area (TPSA) is 46.5 Å². The van der Waals surface area contributed by atoms with E-state index in [-0.39, 0.29) is 12.0 Å². The third kappa shape index (κ3) is 2.77. The zero-order valence-electron chi connectivity index (χ0n) is 11.3. The van der Waals surface area contributed by atoms with Crippen molar-refractivity contribution in [3.63, 3.8) is 0 Å². The lowest BCUT2D eigenvalue weighted by Gasteiger charge is -2.26. The van der Waals surface area contributed by atoms with E-state index < -0.39 is 5.97 Å². The highest BCUT2D eigenvalue weighted by Gasteiger charge is 2.26. The van der Waals surface area contributed by atoms with Gasteiger partial charge in [0.15, 0.2) is 0 Å². The first-order valence-electron chi connectivity index (χ1n) is 7.10. The number of carboxylic acid groups (broad SMARTS) is 1. The Kier molecular flexibility index (Phi) is 3.59. The summed E-state index contributed by atoms with van der Waals surface area (Å²) in [5.74, 6) is 0.0167. The average molecular weight is 270 g/mol. The third-order valence-electron chi connectivity index (χ3n) is 4.05. The molecule has 0 heterocycles. The molecule has 3 heteroatoms. The number of benzene rings is 2. The molecular weight excluding hydrogens is 252 g/mol. The highest BCUT2D eigenvalue weighted by molar-refractivity contribution is 5.83. The summed E-state index contributed by atoms with van der Waals surface area (Å²) in [5, 5.41) is 11.4. The van der Waals surface area contributed by atoms with Gasteiger partial charge in [0.25, 0.3) is 0 Å². The van der Waals surface area contributed by atoms with E-state index in [2.05, 4.69) is 24.3 Å². The van der Waals surface area contributed by atoms with Crippen molar-refractivity contribution in [2.75, 3.05) is 0 Å². The molecule has 2 aromatic rings. The molecule has 0 spiro atoms. The highest BCUT2D eigenvalue weighted by atomic mass is 16.5. The van der Waals surface area contributed by atoms with Crippen LogP contribution < -0.4 is 4.74 Å². The van der Waals surface area contributed by atoms with Crippen molar-refractivity contribution in [3.05, 3.63) is 42.5 Å². The molecule has 0 atom stereocenters. The van der Waals surface area contributed by atoms with Gasteiger partial charge in [-0.1, -0.05) is 30.3 Å². The second kappa shape index (κ2) is 5.53. The van der Waals surface area contributed by atoms with Gasteiger partial charge in [-0.25, -0.2) is 0 Å². The molecule has 0 saturated heterocycles. The molecule has 1 aliphatic carbocycles. The summed E-state index contributed by atoms with van der Waals surface area (Å²) < 4.78 is 6.00. The molecule has 1 N–H and O–H groups in total. The Labute approximate surface area is 118 Å². The van der Waals surface area contributed by atoms with Gasteiger partial charge in [-0.05, 0) is 48.6 Å². The Bertz CT molecular complexity index is 612. The number of fused-ring (bicyclic) bond motifs is 1. The molecule has 0 bridgehead atoms. The summed E-state index contributed by atoms with van der Waals surface area (Å²) in [6.45, 7) is 0. The summed E-state index contributed by atoms with van der Waals surface area (Å²) in [6.07, 6.45) is 3.22. The Hall–Kier alpha value is -2.03. The van der Waals surface area contributed by atoms with Gasteiger partial charge in [0.2, 0.25) is 0 Å². The maximum Gasteiger partial charge on any atom is 0.306 e. The lowest BCUT2D eigenvalue weighted by molar-refractivity contribution is -0.143. The summed E-state index contributed by atoms with van der Waals surface area (Å²) in [5.41, 5.74) is 0. The van der Waals surface area contributed by atoms with Crippen molar-refractivity contribution in [1.82, 2.24) is 0 Å². The Morgan fingerprint density at radius 2 is 1.70 bits per heavy atom. The fourth-order valence-electron chi connectivity index (χ4n) is 2.86. The second-order valence-electron chi connectivity index (χ2n) is 5.44. The van der Waals surface area contributed by atoms with Crippen molar-refractivity contribution >= 4 is 16.7 Å². The molecule has 1 aliphatic rings. The molecule has 3 nitrogen and oxygen atoms in total. The van der Waals surface area contributed by atoms with Gasteiger partial charge in [0, 0.05) is 0 Å². The van der Waals surface area contributed by atoms with Gasteiger partial charge in [0.05, 0.1) is 12.0 Å². The number of hydrogen-bond acceptors (Lipinski definition) is 2. The molecule has 1 fully saturated rings. The number of carboxylic acids is 1. The van der Waals surface area contributed by atoms with E-state index in [4.69, 9.17) is 9.84 Å². The summed E-state index contributed by atoms with van der Waals surface area (Å²) >= 11 is 0. The van der Waals surface area contributed by atoms with Gasteiger partial charge >= 0.3 is 5.97 Å². The smallest absolute Gasteiger partial charge is 0.306 e. The van der Waals surface area contributed by atoms with E-state index in [1.54, 1.807) is 0 Å². The molecule has 0 amide bonds. The molecule has 2 aromatic carbocycles. The lowest BCUT2D eigenvalue weighted by Crippen LogP contribution is -2.27. The van der Waals surface area contributed by atoms with Crippen LogP contribution in [0.15, 0.2) is 42.5 Å². The normalized spacial score (nSPS) is 22.6. The molecular formula is C17H18O3. The van der Waals surface area contributed by atoms with Gasteiger partial charge in [-0.2, -0.15) is 0 Å². The monoisotopic (exact) mass is 270 g/mol. The van der Waals surface area contributed by atoms with Crippen molar-refractivity contribution < 1.29 is 14.6 Å². The lowest BCUT2D eigenvalue weighted by atomic mass is 9.87. The summed E-state index contributed by atoms with van der Waals surface area (Å²) in [4.78, 5) is 10.9. The second-order valence-corrected chi connectivity index (χ2v) is 5.44. The molecule has 0 radical (unpaired) electrons. The van der Waals surface area contributed by atoms with Crippen molar-refractivity contribution in [3.8, 4) is 5.75 Å². The maximum atomic E-state index is 10.9. The molecule has 0 aliphatic heterocycles. The van der Waals surface area contributed by atoms with Crippen LogP contribution in [0.1, 0.15) is 25.7 Å². The maximum absolute atomic E-state index is 10.9. The number of ether oxygens (including phenoxy) is 1. The Morgan fingerprint density at radius 3 is 2.40 bits per heavy atom. The van der Waals surface area contributed by atoms with Crippen LogP contribution in [-0.4, -0.2) is 17.2 Å². The minimum atomic E-state index is -0.672. The molecule has 104 valence electrons. The minimum Gasteiger partial charge on any atom is -0.490 e. The van der Waals surface area contributed by atoms with Crippen LogP contribution in [0.3, 0.4) is 0 Å². The van der Waals surface area contributed by atoms with Crippen LogP contribution in [0, 0.1) is 5.92 Å². The first-order valence-corrected chi connectivity index (χ1v) is 7.10. The largest absolute Gasteiger partial charge is 0.490 e. The third-order valence-corrected chi connectivity index (χ3v) is 4.05. The molecule has 20 heavy (non-hydrogen) atoms. The SMILES string of the molecule is O=C(O)C1CCC(Oc2ccc3ccccc3c2)CC1. The van der Waals surface area contributed by atoms with Crippen LogP contribution in [-0.2, 0) is 4.79 Å². The number of aliphatic carboxylic acids is 1. The van der Waals surface area contributed by atoms with E-state index in [1.165, 1.54) is 10.8 Å². The van der Waals surface area contributed by atoms with E-state index in [1.807, 2.05) is 18.2 Å². The highest BCUT2D eigenvalue weighted by Crippen LogP contribution is 2.29. The quantitative estimate of drug-likeness (QED) is 0.921. The fourth-order valence-corrected chi connectivity index (χ4v) is 2.86.